The number of carbonyl (C=O) groups excluding carboxylic acids is 1. The maximum Gasteiger partial charge on any atom is 0.270 e. The molecule has 0 radical (unpaired) electrons. The summed E-state index contributed by atoms with van der Waals surface area (Å²) < 4.78 is 4.88. The van der Waals surface area contributed by atoms with Crippen LogP contribution in [-0.2, 0) is 4.74 Å². The highest BCUT2D eigenvalue weighted by molar-refractivity contribution is 6.33. The molecule has 20 heavy (non-hydrogen) atoms. The van der Waals surface area contributed by atoms with Crippen molar-refractivity contribution in [2.45, 2.75) is 0 Å². The Morgan fingerprint density at radius 2 is 2.20 bits per heavy atom. The first-order valence-corrected chi connectivity index (χ1v) is 6.22. The largest absolute Gasteiger partial charge is 0.395 e. The third-order valence-electron chi connectivity index (χ3n) is 2.61. The molecule has 1 N–H and O–H groups in total. The van der Waals surface area contributed by atoms with Gasteiger partial charge in [-0.2, -0.15) is 0 Å². The van der Waals surface area contributed by atoms with Crippen LogP contribution in [0.4, 0.5) is 5.69 Å². The number of hydrogen-bond acceptors (Lipinski definition) is 5. The van der Waals surface area contributed by atoms with E-state index in [0.717, 1.165) is 6.07 Å². The molecule has 0 spiro atoms. The van der Waals surface area contributed by atoms with Gasteiger partial charge in [0.2, 0.25) is 0 Å². The Labute approximate surface area is 120 Å². The highest BCUT2D eigenvalue weighted by Gasteiger charge is 2.20. The van der Waals surface area contributed by atoms with Gasteiger partial charge in [0.05, 0.1) is 28.7 Å². The predicted molar refractivity (Wildman–Crippen MR) is 73.0 cm³/mol. The third-order valence-corrected chi connectivity index (χ3v) is 2.94. The molecule has 0 atom stereocenters. The fraction of sp³-hybridized carbons (Fsp3) is 0.417. The summed E-state index contributed by atoms with van der Waals surface area (Å²) in [5.41, 5.74) is -0.182. The number of nitro benzene ring substituents is 1. The molecule has 0 bridgehead atoms. The number of nitro groups is 1. The van der Waals surface area contributed by atoms with E-state index in [0.29, 0.717) is 0 Å². The van der Waals surface area contributed by atoms with Crippen molar-refractivity contribution < 1.29 is 19.6 Å². The molecule has 0 fully saturated rings. The van der Waals surface area contributed by atoms with Crippen LogP contribution in [0.3, 0.4) is 0 Å². The molecule has 0 aliphatic heterocycles. The number of rotatable bonds is 7. The molecule has 1 amide bonds. The molecule has 1 aromatic carbocycles. The van der Waals surface area contributed by atoms with E-state index in [9.17, 15) is 14.9 Å². The van der Waals surface area contributed by atoms with E-state index < -0.39 is 10.8 Å². The van der Waals surface area contributed by atoms with Crippen molar-refractivity contribution in [1.82, 2.24) is 4.90 Å². The Kier molecular flexibility index (Phi) is 6.37. The summed E-state index contributed by atoms with van der Waals surface area (Å²) in [5, 5.41) is 19.8. The molecule has 1 rings (SSSR count). The predicted octanol–water partition coefficient (Wildman–Crippen LogP) is 1.33. The first-order chi connectivity index (χ1) is 9.51. The number of carbonyl (C=O) groups is 1. The fourth-order valence-corrected chi connectivity index (χ4v) is 1.80. The SMILES string of the molecule is COCCN(CCO)C(=O)c1cc([N+](=O)[O-])ccc1Cl. The van der Waals surface area contributed by atoms with Gasteiger partial charge in [-0.25, -0.2) is 0 Å². The van der Waals surface area contributed by atoms with Crippen LogP contribution in [0.1, 0.15) is 10.4 Å². The van der Waals surface area contributed by atoms with Gasteiger partial charge in [0.1, 0.15) is 0 Å². The molecule has 7 nitrogen and oxygen atoms in total. The average molecular weight is 303 g/mol. The number of halogens is 1. The second-order valence-electron chi connectivity index (χ2n) is 3.93. The zero-order valence-electron chi connectivity index (χ0n) is 10.9. The van der Waals surface area contributed by atoms with Crippen molar-refractivity contribution in [3.05, 3.63) is 38.9 Å². The van der Waals surface area contributed by atoms with Gasteiger partial charge in [0, 0.05) is 32.3 Å². The van der Waals surface area contributed by atoms with Crippen molar-refractivity contribution in [3.63, 3.8) is 0 Å². The standard InChI is InChI=1S/C12H15ClN2O5/c1-20-7-5-14(4-6-16)12(17)10-8-9(15(18)19)2-3-11(10)13/h2-3,8,16H,4-7H2,1H3. The molecule has 110 valence electrons. The zero-order chi connectivity index (χ0) is 15.1. The van der Waals surface area contributed by atoms with E-state index in [1.807, 2.05) is 0 Å². The average Bonchev–Trinajstić information content (AvgIpc) is 2.43. The van der Waals surface area contributed by atoms with Gasteiger partial charge in [0.25, 0.3) is 11.6 Å². The summed E-state index contributed by atoms with van der Waals surface area (Å²) in [6, 6.07) is 3.66. The van der Waals surface area contributed by atoms with E-state index in [4.69, 9.17) is 21.4 Å². The van der Waals surface area contributed by atoms with Gasteiger partial charge in [-0.3, -0.25) is 14.9 Å². The molecule has 8 heteroatoms. The molecule has 0 saturated carbocycles. The summed E-state index contributed by atoms with van der Waals surface area (Å²) in [4.78, 5) is 23.7. The zero-order valence-corrected chi connectivity index (χ0v) is 11.7. The van der Waals surface area contributed by atoms with Gasteiger partial charge in [-0.1, -0.05) is 11.6 Å². The molecule has 1 aromatic rings. The number of aliphatic hydroxyl groups is 1. The van der Waals surface area contributed by atoms with Crippen LogP contribution in [0.25, 0.3) is 0 Å². The fourth-order valence-electron chi connectivity index (χ4n) is 1.60. The van der Waals surface area contributed by atoms with E-state index in [2.05, 4.69) is 0 Å². The first kappa shape index (κ1) is 16.4. The van der Waals surface area contributed by atoms with Gasteiger partial charge < -0.3 is 14.7 Å². The number of aliphatic hydroxyl groups excluding tert-OH is 1. The quantitative estimate of drug-likeness (QED) is 0.606. The summed E-state index contributed by atoms with van der Waals surface area (Å²) in [6.45, 7) is 0.427. The number of amides is 1. The molecule has 0 saturated heterocycles. The van der Waals surface area contributed by atoms with E-state index >= 15 is 0 Å². The Bertz CT molecular complexity index is 495. The molecular weight excluding hydrogens is 288 g/mol. The number of hydrogen-bond donors (Lipinski definition) is 1. The monoisotopic (exact) mass is 302 g/mol. The topological polar surface area (TPSA) is 92.9 Å². The lowest BCUT2D eigenvalue weighted by atomic mass is 10.1. The van der Waals surface area contributed by atoms with Gasteiger partial charge in [-0.15, -0.1) is 0 Å². The van der Waals surface area contributed by atoms with E-state index in [1.54, 1.807) is 0 Å². The number of nitrogens with zero attached hydrogens (tertiary/aromatic N) is 2. The van der Waals surface area contributed by atoms with Crippen LogP contribution in [0, 0.1) is 10.1 Å². The van der Waals surface area contributed by atoms with Crippen molar-refractivity contribution >= 4 is 23.2 Å². The van der Waals surface area contributed by atoms with Gasteiger partial charge in [-0.05, 0) is 6.07 Å². The smallest absolute Gasteiger partial charge is 0.270 e. The lowest BCUT2D eigenvalue weighted by Gasteiger charge is -2.21. The summed E-state index contributed by atoms with van der Waals surface area (Å²) in [6.07, 6.45) is 0. The Balaban J connectivity index is 3.03. The van der Waals surface area contributed by atoms with Crippen LogP contribution >= 0.6 is 11.6 Å². The molecule has 0 aliphatic carbocycles. The minimum Gasteiger partial charge on any atom is -0.395 e. The normalized spacial score (nSPS) is 10.3. The summed E-state index contributed by atoms with van der Waals surface area (Å²) in [7, 11) is 1.49. The first-order valence-electron chi connectivity index (χ1n) is 5.84. The van der Waals surface area contributed by atoms with Crippen molar-refractivity contribution in [3.8, 4) is 0 Å². The minimum atomic E-state index is -0.599. The van der Waals surface area contributed by atoms with Crippen LogP contribution in [0.5, 0.6) is 0 Å². The summed E-state index contributed by atoms with van der Waals surface area (Å²) in [5.74, 6) is -0.482. The molecule has 0 aromatic heterocycles. The van der Waals surface area contributed by atoms with Crippen LogP contribution in [0.15, 0.2) is 18.2 Å². The van der Waals surface area contributed by atoms with Gasteiger partial charge >= 0.3 is 0 Å². The second kappa shape index (κ2) is 7.78. The minimum absolute atomic E-state index is 0.0328. The lowest BCUT2D eigenvalue weighted by molar-refractivity contribution is -0.384. The molecule has 0 heterocycles. The van der Waals surface area contributed by atoms with Crippen molar-refractivity contribution in [2.75, 3.05) is 33.4 Å². The Morgan fingerprint density at radius 1 is 1.50 bits per heavy atom. The Hall–Kier alpha value is -1.70. The third kappa shape index (κ3) is 4.16. The Morgan fingerprint density at radius 3 is 2.75 bits per heavy atom. The molecular formula is C12H15ClN2O5. The van der Waals surface area contributed by atoms with E-state index in [-0.39, 0.29) is 42.6 Å². The van der Waals surface area contributed by atoms with Crippen LogP contribution < -0.4 is 0 Å². The number of non-ortho nitro benzene ring substituents is 1. The molecule has 0 aliphatic rings. The lowest BCUT2D eigenvalue weighted by Crippen LogP contribution is -2.36. The van der Waals surface area contributed by atoms with E-state index in [1.165, 1.54) is 24.1 Å². The van der Waals surface area contributed by atoms with Crippen molar-refractivity contribution in [1.29, 1.82) is 0 Å². The number of methoxy groups -OCH3 is 1. The maximum absolute atomic E-state index is 12.3. The van der Waals surface area contributed by atoms with Gasteiger partial charge in [0.15, 0.2) is 0 Å². The number of benzene rings is 1. The van der Waals surface area contributed by atoms with Crippen LogP contribution in [-0.4, -0.2) is 54.3 Å². The van der Waals surface area contributed by atoms with Crippen LogP contribution in [0.2, 0.25) is 5.02 Å². The van der Waals surface area contributed by atoms with Crippen molar-refractivity contribution in [2.24, 2.45) is 0 Å². The highest BCUT2D eigenvalue weighted by atomic mass is 35.5. The number of ether oxygens (including phenoxy) is 1. The highest BCUT2D eigenvalue weighted by Crippen LogP contribution is 2.23. The summed E-state index contributed by atoms with van der Waals surface area (Å²) >= 11 is 5.91. The molecule has 0 unspecified atom stereocenters. The second-order valence-corrected chi connectivity index (χ2v) is 4.34. The maximum atomic E-state index is 12.3.